The van der Waals surface area contributed by atoms with E-state index in [0.29, 0.717) is 6.42 Å². The van der Waals surface area contributed by atoms with Gasteiger partial charge < -0.3 is 10.5 Å². The monoisotopic (exact) mass is 257 g/mol. The summed E-state index contributed by atoms with van der Waals surface area (Å²) in [4.78, 5) is 0. The van der Waals surface area contributed by atoms with Crippen molar-refractivity contribution >= 4 is 0 Å². The number of rotatable bonds is 3. The summed E-state index contributed by atoms with van der Waals surface area (Å²) >= 11 is 0. The van der Waals surface area contributed by atoms with Gasteiger partial charge in [0.25, 0.3) is 0 Å². The van der Waals surface area contributed by atoms with Crippen molar-refractivity contribution in [3.63, 3.8) is 0 Å². The maximum atomic E-state index is 13.1. The van der Waals surface area contributed by atoms with E-state index in [1.54, 1.807) is 6.07 Å². The molecule has 0 fully saturated rings. The minimum Gasteiger partial charge on any atom is -0.488 e. The lowest BCUT2D eigenvalue weighted by Gasteiger charge is -2.19. The molecular weight excluding hydrogens is 241 g/mol. The van der Waals surface area contributed by atoms with Crippen molar-refractivity contribution in [3.05, 3.63) is 65.5 Å². The van der Waals surface area contributed by atoms with E-state index in [2.05, 4.69) is 6.07 Å². The summed E-state index contributed by atoms with van der Waals surface area (Å²) in [5, 5.41) is 0. The number of nitrogens with two attached hydrogens (primary N) is 1. The molecule has 3 heteroatoms. The van der Waals surface area contributed by atoms with Gasteiger partial charge in [-0.3, -0.25) is 0 Å². The number of hydrogen-bond acceptors (Lipinski definition) is 2. The third-order valence-corrected chi connectivity index (χ3v) is 3.51. The first-order chi connectivity index (χ1) is 9.22. The van der Waals surface area contributed by atoms with Crippen LogP contribution in [0.2, 0.25) is 0 Å². The molecule has 0 saturated carbocycles. The highest BCUT2D eigenvalue weighted by atomic mass is 19.1. The van der Waals surface area contributed by atoms with E-state index in [1.807, 2.05) is 24.3 Å². The van der Waals surface area contributed by atoms with Crippen LogP contribution in [0.15, 0.2) is 48.5 Å². The number of fused-ring (bicyclic) bond motifs is 1. The molecule has 0 spiro atoms. The molecular formula is C16H16FNO. The molecule has 0 amide bonds. The van der Waals surface area contributed by atoms with Gasteiger partial charge in [-0.1, -0.05) is 30.3 Å². The van der Waals surface area contributed by atoms with Crippen molar-refractivity contribution in [2.75, 3.05) is 0 Å². The van der Waals surface area contributed by atoms with E-state index < -0.39 is 0 Å². The van der Waals surface area contributed by atoms with Gasteiger partial charge in [-0.05, 0) is 35.7 Å². The zero-order valence-corrected chi connectivity index (χ0v) is 10.6. The fourth-order valence-electron chi connectivity index (χ4n) is 2.52. The van der Waals surface area contributed by atoms with Gasteiger partial charge in [0.1, 0.15) is 17.7 Å². The van der Waals surface area contributed by atoms with Crippen LogP contribution < -0.4 is 10.5 Å². The van der Waals surface area contributed by atoms with Crippen LogP contribution in [0, 0.1) is 5.82 Å². The molecule has 0 radical (unpaired) electrons. The summed E-state index contributed by atoms with van der Waals surface area (Å²) in [5.74, 6) is 0.697. The van der Waals surface area contributed by atoms with Gasteiger partial charge in [0.15, 0.2) is 0 Å². The standard InChI is InChI=1S/C16H16FNO/c17-13-6-3-4-11(8-13)9-14(18)16-10-12-5-1-2-7-15(12)19-16/h1-8,14,16H,9-10,18H2. The van der Waals surface area contributed by atoms with Gasteiger partial charge in [-0.2, -0.15) is 0 Å². The molecule has 2 unspecified atom stereocenters. The normalized spacial score (nSPS) is 18.7. The SMILES string of the molecule is NC(Cc1cccc(F)c1)C1Cc2ccccc2O1. The van der Waals surface area contributed by atoms with Gasteiger partial charge >= 0.3 is 0 Å². The molecule has 0 bridgehead atoms. The van der Waals surface area contributed by atoms with Crippen LogP contribution in [-0.2, 0) is 12.8 Å². The lowest BCUT2D eigenvalue weighted by atomic mass is 9.99. The molecule has 2 nitrogen and oxygen atoms in total. The number of hydrogen-bond donors (Lipinski definition) is 1. The third kappa shape index (κ3) is 2.61. The van der Waals surface area contributed by atoms with Crippen molar-refractivity contribution in [2.24, 2.45) is 5.73 Å². The van der Waals surface area contributed by atoms with E-state index in [0.717, 1.165) is 17.7 Å². The van der Waals surface area contributed by atoms with Crippen molar-refractivity contribution in [3.8, 4) is 5.75 Å². The van der Waals surface area contributed by atoms with E-state index in [9.17, 15) is 4.39 Å². The molecule has 3 rings (SSSR count). The molecule has 19 heavy (non-hydrogen) atoms. The largest absolute Gasteiger partial charge is 0.488 e. The molecule has 1 aliphatic rings. The molecule has 2 N–H and O–H groups in total. The maximum absolute atomic E-state index is 13.1. The Bertz CT molecular complexity index is 559. The van der Waals surface area contributed by atoms with E-state index in [-0.39, 0.29) is 18.0 Å². The summed E-state index contributed by atoms with van der Waals surface area (Å²) in [6.45, 7) is 0. The summed E-state index contributed by atoms with van der Waals surface area (Å²) in [5.41, 5.74) is 8.30. The van der Waals surface area contributed by atoms with Crippen LogP contribution in [0.25, 0.3) is 0 Å². The minimum absolute atomic E-state index is 0.0272. The third-order valence-electron chi connectivity index (χ3n) is 3.51. The average Bonchev–Trinajstić information content (AvgIpc) is 2.82. The Morgan fingerprint density at radius 2 is 2.05 bits per heavy atom. The number of ether oxygens (including phenoxy) is 1. The molecule has 0 aromatic heterocycles. The van der Waals surface area contributed by atoms with Crippen LogP contribution in [0.4, 0.5) is 4.39 Å². The van der Waals surface area contributed by atoms with Gasteiger partial charge in [0, 0.05) is 12.5 Å². The molecule has 2 atom stereocenters. The van der Waals surface area contributed by atoms with Crippen molar-refractivity contribution in [1.82, 2.24) is 0 Å². The lowest BCUT2D eigenvalue weighted by Crippen LogP contribution is -2.39. The van der Waals surface area contributed by atoms with Crippen LogP contribution in [0.3, 0.4) is 0 Å². The van der Waals surface area contributed by atoms with E-state index in [1.165, 1.54) is 17.7 Å². The molecule has 1 aliphatic heterocycles. The van der Waals surface area contributed by atoms with Crippen molar-refractivity contribution in [2.45, 2.75) is 25.0 Å². The number of halogens is 1. The number of para-hydroxylation sites is 1. The molecule has 0 aliphatic carbocycles. The molecule has 2 aromatic rings. The van der Waals surface area contributed by atoms with E-state index in [4.69, 9.17) is 10.5 Å². The Balaban J connectivity index is 1.68. The zero-order chi connectivity index (χ0) is 13.2. The van der Waals surface area contributed by atoms with Crippen LogP contribution in [0.1, 0.15) is 11.1 Å². The van der Waals surface area contributed by atoms with Crippen LogP contribution in [0.5, 0.6) is 5.75 Å². The fourth-order valence-corrected chi connectivity index (χ4v) is 2.52. The molecule has 2 aromatic carbocycles. The highest BCUT2D eigenvalue weighted by Crippen LogP contribution is 2.29. The zero-order valence-electron chi connectivity index (χ0n) is 10.6. The second-order valence-corrected chi connectivity index (χ2v) is 4.97. The van der Waals surface area contributed by atoms with Crippen molar-refractivity contribution < 1.29 is 9.13 Å². The summed E-state index contributed by atoms with van der Waals surface area (Å²) < 4.78 is 19.0. The predicted molar refractivity (Wildman–Crippen MR) is 72.6 cm³/mol. The highest BCUT2D eigenvalue weighted by molar-refractivity contribution is 5.37. The average molecular weight is 257 g/mol. The van der Waals surface area contributed by atoms with E-state index >= 15 is 0 Å². The van der Waals surface area contributed by atoms with Gasteiger partial charge in [-0.15, -0.1) is 0 Å². The minimum atomic E-state index is -0.222. The maximum Gasteiger partial charge on any atom is 0.123 e. The number of benzene rings is 2. The second-order valence-electron chi connectivity index (χ2n) is 4.97. The quantitative estimate of drug-likeness (QED) is 0.917. The Labute approximate surface area is 112 Å². The first kappa shape index (κ1) is 12.2. The summed E-state index contributed by atoms with van der Waals surface area (Å²) in [6, 6.07) is 14.4. The molecule has 1 heterocycles. The molecule has 98 valence electrons. The highest BCUT2D eigenvalue weighted by Gasteiger charge is 2.27. The Morgan fingerprint density at radius 1 is 1.21 bits per heavy atom. The van der Waals surface area contributed by atoms with Gasteiger partial charge in [0.2, 0.25) is 0 Å². The van der Waals surface area contributed by atoms with Crippen LogP contribution in [-0.4, -0.2) is 12.1 Å². The molecule has 0 saturated heterocycles. The topological polar surface area (TPSA) is 35.2 Å². The fraction of sp³-hybridized carbons (Fsp3) is 0.250. The predicted octanol–water partition coefficient (Wildman–Crippen LogP) is 2.70. The first-order valence-electron chi connectivity index (χ1n) is 6.47. The summed E-state index contributed by atoms with van der Waals surface area (Å²) in [7, 11) is 0. The lowest BCUT2D eigenvalue weighted by molar-refractivity contribution is 0.198. The Morgan fingerprint density at radius 3 is 2.84 bits per heavy atom. The van der Waals surface area contributed by atoms with Gasteiger partial charge in [0.05, 0.1) is 0 Å². The van der Waals surface area contributed by atoms with Gasteiger partial charge in [-0.25, -0.2) is 4.39 Å². The summed E-state index contributed by atoms with van der Waals surface area (Å²) in [6.07, 6.45) is 1.42. The first-order valence-corrected chi connectivity index (χ1v) is 6.47. The Kier molecular flexibility index (Phi) is 3.22. The van der Waals surface area contributed by atoms with Crippen LogP contribution >= 0.6 is 0 Å². The second kappa shape index (κ2) is 5.02. The van der Waals surface area contributed by atoms with Crippen molar-refractivity contribution in [1.29, 1.82) is 0 Å². The Hall–Kier alpha value is -1.87. The smallest absolute Gasteiger partial charge is 0.123 e.